The highest BCUT2D eigenvalue weighted by Gasteiger charge is 2.05. The zero-order chi connectivity index (χ0) is 17.0. The fourth-order valence-electron chi connectivity index (χ4n) is 2.33. The lowest BCUT2D eigenvalue weighted by Crippen LogP contribution is -2.07. The van der Waals surface area contributed by atoms with Crippen molar-refractivity contribution in [3.05, 3.63) is 63.1 Å². The van der Waals surface area contributed by atoms with E-state index in [-0.39, 0.29) is 5.91 Å². The van der Waals surface area contributed by atoms with Gasteiger partial charge in [0.1, 0.15) is 5.75 Å². The highest BCUT2D eigenvalue weighted by Crippen LogP contribution is 2.23. The smallest absolute Gasteiger partial charge is 0.248 e. The predicted octanol–water partition coefficient (Wildman–Crippen LogP) is 5.03. The largest absolute Gasteiger partial charge is 0.497 e. The van der Waals surface area contributed by atoms with Gasteiger partial charge >= 0.3 is 0 Å². The third-order valence-electron chi connectivity index (χ3n) is 3.64. The summed E-state index contributed by atoms with van der Waals surface area (Å²) in [6, 6.07) is 9.66. The molecule has 0 spiro atoms. The van der Waals surface area contributed by atoms with E-state index in [0.29, 0.717) is 0 Å². The summed E-state index contributed by atoms with van der Waals surface area (Å²) in [5.41, 5.74) is 5.07. The van der Waals surface area contributed by atoms with Crippen molar-refractivity contribution < 1.29 is 9.53 Å². The van der Waals surface area contributed by atoms with Gasteiger partial charge in [-0.3, -0.25) is 4.79 Å². The number of rotatable bonds is 4. The van der Waals surface area contributed by atoms with Gasteiger partial charge in [-0.15, -0.1) is 0 Å². The Bertz CT molecular complexity index is 743. The number of benzene rings is 2. The summed E-state index contributed by atoms with van der Waals surface area (Å²) in [7, 11) is 1.65. The average molecular weight is 374 g/mol. The van der Waals surface area contributed by atoms with Gasteiger partial charge in [0.2, 0.25) is 5.91 Å². The van der Waals surface area contributed by atoms with Crippen LogP contribution < -0.4 is 10.1 Å². The molecule has 120 valence electrons. The van der Waals surface area contributed by atoms with Crippen LogP contribution in [0.3, 0.4) is 0 Å². The number of methoxy groups -OCH3 is 1. The predicted molar refractivity (Wildman–Crippen MR) is 99.0 cm³/mol. The number of carbonyl (C=O) groups is 1. The summed E-state index contributed by atoms with van der Waals surface area (Å²) < 4.78 is 6.22. The molecular weight excluding hydrogens is 354 g/mol. The van der Waals surface area contributed by atoms with Crippen molar-refractivity contribution in [1.82, 2.24) is 0 Å². The van der Waals surface area contributed by atoms with Crippen molar-refractivity contribution in [3.63, 3.8) is 0 Å². The Morgan fingerprint density at radius 2 is 1.74 bits per heavy atom. The molecule has 0 aromatic heterocycles. The summed E-state index contributed by atoms with van der Waals surface area (Å²) in [5, 5.41) is 2.86. The number of aryl methyl sites for hydroxylation is 3. The first-order valence-corrected chi connectivity index (χ1v) is 8.10. The second kappa shape index (κ2) is 7.47. The Labute approximate surface area is 145 Å². The maximum Gasteiger partial charge on any atom is 0.248 e. The van der Waals surface area contributed by atoms with E-state index in [2.05, 4.69) is 21.2 Å². The van der Waals surface area contributed by atoms with Crippen LogP contribution in [-0.2, 0) is 4.79 Å². The van der Waals surface area contributed by atoms with Crippen LogP contribution in [0.5, 0.6) is 5.75 Å². The lowest BCUT2D eigenvalue weighted by atomic mass is 10.0. The Balaban J connectivity index is 2.13. The van der Waals surface area contributed by atoms with Crippen LogP contribution in [0.2, 0.25) is 0 Å². The van der Waals surface area contributed by atoms with E-state index in [1.807, 2.05) is 57.2 Å². The molecule has 0 aliphatic rings. The lowest BCUT2D eigenvalue weighted by molar-refractivity contribution is -0.111. The number of carbonyl (C=O) groups excluding carboxylic acids is 1. The summed E-state index contributed by atoms with van der Waals surface area (Å²) >= 11 is 3.46. The zero-order valence-corrected chi connectivity index (χ0v) is 15.3. The van der Waals surface area contributed by atoms with Crippen LogP contribution >= 0.6 is 15.9 Å². The third kappa shape index (κ3) is 4.45. The molecule has 2 aromatic rings. The molecule has 0 radical (unpaired) electrons. The monoisotopic (exact) mass is 373 g/mol. The minimum atomic E-state index is -0.157. The number of nitrogens with one attached hydrogen (secondary N) is 1. The van der Waals surface area contributed by atoms with Crippen LogP contribution in [-0.4, -0.2) is 13.0 Å². The SMILES string of the molecule is COc1cc(C)c(/C=C/C(=O)Nc2ccc(C)c(Br)c2)c(C)c1. The van der Waals surface area contributed by atoms with Gasteiger partial charge in [-0.25, -0.2) is 0 Å². The molecule has 23 heavy (non-hydrogen) atoms. The van der Waals surface area contributed by atoms with Crippen LogP contribution in [0.1, 0.15) is 22.3 Å². The highest BCUT2D eigenvalue weighted by atomic mass is 79.9. The van der Waals surface area contributed by atoms with Crippen molar-refractivity contribution >= 4 is 33.6 Å². The summed E-state index contributed by atoms with van der Waals surface area (Å²) in [6.07, 6.45) is 3.39. The van der Waals surface area contributed by atoms with Gasteiger partial charge < -0.3 is 10.1 Å². The Morgan fingerprint density at radius 3 is 2.30 bits per heavy atom. The third-order valence-corrected chi connectivity index (χ3v) is 4.50. The first-order valence-electron chi connectivity index (χ1n) is 7.31. The first-order chi connectivity index (χ1) is 10.9. The van der Waals surface area contributed by atoms with Crippen LogP contribution in [0.25, 0.3) is 6.08 Å². The number of amides is 1. The van der Waals surface area contributed by atoms with E-state index in [9.17, 15) is 4.79 Å². The fourth-order valence-corrected chi connectivity index (χ4v) is 2.71. The minimum absolute atomic E-state index is 0.157. The quantitative estimate of drug-likeness (QED) is 0.762. The molecule has 2 aromatic carbocycles. The van der Waals surface area contributed by atoms with Crippen molar-refractivity contribution in [2.75, 3.05) is 12.4 Å². The molecule has 1 amide bonds. The molecule has 0 aliphatic heterocycles. The van der Waals surface area contributed by atoms with E-state index in [0.717, 1.165) is 38.2 Å². The van der Waals surface area contributed by atoms with Crippen molar-refractivity contribution in [2.45, 2.75) is 20.8 Å². The molecule has 0 unspecified atom stereocenters. The van der Waals surface area contributed by atoms with Gasteiger partial charge in [0.05, 0.1) is 7.11 Å². The van der Waals surface area contributed by atoms with Crippen molar-refractivity contribution in [2.24, 2.45) is 0 Å². The van der Waals surface area contributed by atoms with E-state index in [1.54, 1.807) is 13.2 Å². The number of hydrogen-bond donors (Lipinski definition) is 1. The topological polar surface area (TPSA) is 38.3 Å². The van der Waals surface area contributed by atoms with Crippen LogP contribution in [0.15, 0.2) is 40.9 Å². The van der Waals surface area contributed by atoms with Gasteiger partial charge in [-0.1, -0.05) is 22.0 Å². The molecule has 0 aliphatic carbocycles. The van der Waals surface area contributed by atoms with E-state index < -0.39 is 0 Å². The maximum absolute atomic E-state index is 12.1. The standard InChI is InChI=1S/C19H20BrNO2/c1-12-5-6-15(11-18(12)20)21-19(22)8-7-17-13(2)9-16(23-4)10-14(17)3/h5-11H,1-4H3,(H,21,22)/b8-7+. The summed E-state index contributed by atoms with van der Waals surface area (Å²) in [6.45, 7) is 6.01. The Hall–Kier alpha value is -2.07. The zero-order valence-electron chi connectivity index (χ0n) is 13.7. The fraction of sp³-hybridized carbons (Fsp3) is 0.211. The first kappa shape index (κ1) is 17.3. The maximum atomic E-state index is 12.1. The lowest BCUT2D eigenvalue weighted by Gasteiger charge is -2.09. The van der Waals surface area contributed by atoms with E-state index >= 15 is 0 Å². The highest BCUT2D eigenvalue weighted by molar-refractivity contribution is 9.10. The molecule has 2 rings (SSSR count). The molecule has 0 heterocycles. The Kier molecular flexibility index (Phi) is 5.61. The molecule has 0 saturated heterocycles. The minimum Gasteiger partial charge on any atom is -0.497 e. The molecule has 0 fully saturated rings. The average Bonchev–Trinajstić information content (AvgIpc) is 2.50. The molecule has 0 atom stereocenters. The molecular formula is C19H20BrNO2. The number of halogens is 1. The molecule has 4 heteroatoms. The van der Waals surface area contributed by atoms with Crippen molar-refractivity contribution in [3.8, 4) is 5.75 Å². The van der Waals surface area contributed by atoms with Gasteiger partial charge in [0.25, 0.3) is 0 Å². The molecule has 1 N–H and O–H groups in total. The second-order valence-electron chi connectivity index (χ2n) is 5.46. The second-order valence-corrected chi connectivity index (χ2v) is 6.32. The van der Waals surface area contributed by atoms with Gasteiger partial charge in [0, 0.05) is 16.2 Å². The van der Waals surface area contributed by atoms with Gasteiger partial charge in [-0.2, -0.15) is 0 Å². The van der Waals surface area contributed by atoms with Gasteiger partial charge in [0.15, 0.2) is 0 Å². The molecule has 3 nitrogen and oxygen atoms in total. The van der Waals surface area contributed by atoms with E-state index in [1.165, 1.54) is 0 Å². The van der Waals surface area contributed by atoms with Crippen LogP contribution in [0, 0.1) is 20.8 Å². The number of ether oxygens (including phenoxy) is 1. The normalized spacial score (nSPS) is 10.8. The van der Waals surface area contributed by atoms with Crippen LogP contribution in [0.4, 0.5) is 5.69 Å². The van der Waals surface area contributed by atoms with E-state index in [4.69, 9.17) is 4.74 Å². The Morgan fingerprint density at radius 1 is 1.09 bits per heavy atom. The number of hydrogen-bond acceptors (Lipinski definition) is 2. The number of anilines is 1. The van der Waals surface area contributed by atoms with Crippen molar-refractivity contribution in [1.29, 1.82) is 0 Å². The molecule has 0 bridgehead atoms. The summed E-state index contributed by atoms with van der Waals surface area (Å²) in [4.78, 5) is 12.1. The van der Waals surface area contributed by atoms with Gasteiger partial charge in [-0.05, 0) is 73.4 Å². The molecule has 0 saturated carbocycles. The summed E-state index contributed by atoms with van der Waals surface area (Å²) in [5.74, 6) is 0.668.